The molecule has 20 heavy (non-hydrogen) atoms. The first-order valence-corrected chi connectivity index (χ1v) is 5.74. The number of rotatable bonds is 4. The fourth-order valence-corrected chi connectivity index (χ4v) is 1.63. The van der Waals surface area contributed by atoms with Crippen LogP contribution in [-0.2, 0) is 0 Å². The largest absolute Gasteiger partial charge is 0.373 e. The normalized spacial score (nSPS) is 9.60. The fraction of sp³-hybridized carbons (Fsp3) is 0.0769. The van der Waals surface area contributed by atoms with Gasteiger partial charge in [0.25, 0.3) is 0 Å². The van der Waals surface area contributed by atoms with Gasteiger partial charge in [-0.2, -0.15) is 5.26 Å². The molecule has 7 nitrogen and oxygen atoms in total. The number of nitriles is 1. The minimum Gasteiger partial charge on any atom is -0.373 e. The SMILES string of the molecule is CNc1ccc([N+](=O)[O-])c(Nc2cccc(C#N)c2)n1. The molecular weight excluding hydrogens is 258 g/mol. The van der Waals surface area contributed by atoms with Gasteiger partial charge in [-0.05, 0) is 24.3 Å². The maximum absolute atomic E-state index is 11.0. The smallest absolute Gasteiger partial charge is 0.311 e. The van der Waals surface area contributed by atoms with Crippen LogP contribution in [0.5, 0.6) is 0 Å². The van der Waals surface area contributed by atoms with Gasteiger partial charge in [-0.3, -0.25) is 10.1 Å². The summed E-state index contributed by atoms with van der Waals surface area (Å²) < 4.78 is 0. The van der Waals surface area contributed by atoms with E-state index < -0.39 is 4.92 Å². The van der Waals surface area contributed by atoms with Crippen molar-refractivity contribution in [2.75, 3.05) is 17.7 Å². The summed E-state index contributed by atoms with van der Waals surface area (Å²) in [5.74, 6) is 0.631. The quantitative estimate of drug-likeness (QED) is 0.653. The van der Waals surface area contributed by atoms with E-state index in [0.29, 0.717) is 17.1 Å². The van der Waals surface area contributed by atoms with Crippen molar-refractivity contribution in [3.8, 4) is 6.07 Å². The predicted molar refractivity (Wildman–Crippen MR) is 74.9 cm³/mol. The molecule has 2 N–H and O–H groups in total. The Morgan fingerprint density at radius 3 is 2.80 bits per heavy atom. The van der Waals surface area contributed by atoms with E-state index in [0.717, 1.165) is 0 Å². The first-order valence-electron chi connectivity index (χ1n) is 5.74. The van der Waals surface area contributed by atoms with Crippen LogP contribution in [0.4, 0.5) is 23.0 Å². The average Bonchev–Trinajstić information content (AvgIpc) is 2.47. The molecule has 0 saturated heterocycles. The van der Waals surface area contributed by atoms with Crippen LogP contribution < -0.4 is 10.6 Å². The zero-order valence-electron chi connectivity index (χ0n) is 10.6. The summed E-state index contributed by atoms with van der Waals surface area (Å²) >= 11 is 0. The van der Waals surface area contributed by atoms with Crippen molar-refractivity contribution in [3.05, 3.63) is 52.1 Å². The first-order chi connectivity index (χ1) is 9.63. The van der Waals surface area contributed by atoms with Gasteiger partial charge >= 0.3 is 5.69 Å². The van der Waals surface area contributed by atoms with Crippen LogP contribution in [0.25, 0.3) is 0 Å². The number of benzene rings is 1. The van der Waals surface area contributed by atoms with E-state index in [4.69, 9.17) is 5.26 Å². The molecule has 0 aliphatic carbocycles. The second kappa shape index (κ2) is 5.67. The lowest BCUT2D eigenvalue weighted by Gasteiger charge is -2.08. The molecule has 0 atom stereocenters. The summed E-state index contributed by atoms with van der Waals surface area (Å²) in [6.07, 6.45) is 0. The molecule has 1 aromatic heterocycles. The van der Waals surface area contributed by atoms with E-state index in [9.17, 15) is 10.1 Å². The van der Waals surface area contributed by atoms with Gasteiger partial charge in [0.1, 0.15) is 5.82 Å². The van der Waals surface area contributed by atoms with E-state index >= 15 is 0 Å². The van der Waals surface area contributed by atoms with Crippen molar-refractivity contribution in [1.82, 2.24) is 4.98 Å². The highest BCUT2D eigenvalue weighted by molar-refractivity contribution is 5.68. The van der Waals surface area contributed by atoms with E-state index in [2.05, 4.69) is 15.6 Å². The van der Waals surface area contributed by atoms with Crippen LogP contribution in [0, 0.1) is 21.4 Å². The van der Waals surface area contributed by atoms with Crippen LogP contribution in [0.1, 0.15) is 5.56 Å². The highest BCUT2D eigenvalue weighted by Crippen LogP contribution is 2.27. The zero-order valence-corrected chi connectivity index (χ0v) is 10.6. The number of nitrogens with zero attached hydrogens (tertiary/aromatic N) is 3. The van der Waals surface area contributed by atoms with Crippen molar-refractivity contribution in [2.24, 2.45) is 0 Å². The molecule has 0 aliphatic rings. The van der Waals surface area contributed by atoms with Gasteiger partial charge < -0.3 is 10.6 Å². The van der Waals surface area contributed by atoms with Gasteiger partial charge in [-0.25, -0.2) is 4.98 Å². The van der Waals surface area contributed by atoms with Gasteiger partial charge in [0.2, 0.25) is 5.82 Å². The molecule has 0 spiro atoms. The number of nitro groups is 1. The fourth-order valence-electron chi connectivity index (χ4n) is 1.63. The molecule has 0 saturated carbocycles. The third kappa shape index (κ3) is 2.81. The standard InChI is InChI=1S/C13H11N5O2/c1-15-12-6-5-11(18(19)20)13(17-12)16-10-4-2-3-9(7-10)8-14/h2-7H,1H3,(H2,15,16,17). The van der Waals surface area contributed by atoms with Crippen molar-refractivity contribution in [2.45, 2.75) is 0 Å². The van der Waals surface area contributed by atoms with Crippen LogP contribution in [0.3, 0.4) is 0 Å². The van der Waals surface area contributed by atoms with Crippen LogP contribution in [0.15, 0.2) is 36.4 Å². The Bertz CT molecular complexity index is 693. The van der Waals surface area contributed by atoms with Crippen molar-refractivity contribution < 1.29 is 4.92 Å². The monoisotopic (exact) mass is 269 g/mol. The molecule has 0 aliphatic heterocycles. The van der Waals surface area contributed by atoms with Crippen molar-refractivity contribution in [1.29, 1.82) is 5.26 Å². The maximum Gasteiger partial charge on any atom is 0.311 e. The van der Waals surface area contributed by atoms with Gasteiger partial charge in [-0.15, -0.1) is 0 Å². The Hall–Kier alpha value is -3.14. The van der Waals surface area contributed by atoms with Crippen LogP contribution in [-0.4, -0.2) is 17.0 Å². The molecule has 0 amide bonds. The Balaban J connectivity index is 2.40. The zero-order chi connectivity index (χ0) is 14.5. The van der Waals surface area contributed by atoms with Gasteiger partial charge in [0.15, 0.2) is 0 Å². The molecule has 0 fully saturated rings. The Kier molecular flexibility index (Phi) is 3.77. The minimum atomic E-state index is -0.511. The lowest BCUT2D eigenvalue weighted by molar-refractivity contribution is -0.384. The van der Waals surface area contributed by atoms with Crippen molar-refractivity contribution in [3.63, 3.8) is 0 Å². The minimum absolute atomic E-state index is 0.122. The molecule has 2 rings (SSSR count). The number of hydrogen-bond donors (Lipinski definition) is 2. The Morgan fingerprint density at radius 2 is 2.15 bits per heavy atom. The van der Waals surface area contributed by atoms with E-state index in [1.54, 1.807) is 31.3 Å². The first kappa shape index (κ1) is 13.3. The summed E-state index contributed by atoms with van der Waals surface area (Å²) in [6, 6.07) is 11.5. The summed E-state index contributed by atoms with van der Waals surface area (Å²) in [5, 5.41) is 25.5. The second-order valence-electron chi connectivity index (χ2n) is 3.89. The molecule has 2 aromatic rings. The highest BCUT2D eigenvalue weighted by Gasteiger charge is 2.16. The van der Waals surface area contributed by atoms with E-state index in [1.807, 2.05) is 6.07 Å². The third-order valence-electron chi connectivity index (χ3n) is 2.58. The summed E-state index contributed by atoms with van der Waals surface area (Å²) in [7, 11) is 1.67. The molecule has 100 valence electrons. The lowest BCUT2D eigenvalue weighted by atomic mass is 10.2. The van der Waals surface area contributed by atoms with Crippen LogP contribution in [0.2, 0.25) is 0 Å². The average molecular weight is 269 g/mol. The predicted octanol–water partition coefficient (Wildman–Crippen LogP) is 2.65. The topological polar surface area (TPSA) is 104 Å². The molecule has 7 heteroatoms. The maximum atomic E-state index is 11.0. The Labute approximate surface area is 115 Å². The second-order valence-corrected chi connectivity index (χ2v) is 3.89. The van der Waals surface area contributed by atoms with E-state index in [-0.39, 0.29) is 11.5 Å². The number of aromatic nitrogens is 1. The highest BCUT2D eigenvalue weighted by atomic mass is 16.6. The van der Waals surface area contributed by atoms with Gasteiger partial charge in [0, 0.05) is 18.8 Å². The number of hydrogen-bond acceptors (Lipinski definition) is 6. The molecule has 1 aromatic carbocycles. The summed E-state index contributed by atoms with van der Waals surface area (Å²) in [6.45, 7) is 0. The number of anilines is 3. The lowest BCUT2D eigenvalue weighted by Crippen LogP contribution is -2.02. The van der Waals surface area contributed by atoms with E-state index in [1.165, 1.54) is 12.1 Å². The van der Waals surface area contributed by atoms with Gasteiger partial charge in [0.05, 0.1) is 16.6 Å². The van der Waals surface area contributed by atoms with Crippen molar-refractivity contribution >= 4 is 23.0 Å². The number of nitrogens with one attached hydrogen (secondary N) is 2. The molecule has 0 radical (unpaired) electrons. The van der Waals surface area contributed by atoms with Gasteiger partial charge in [-0.1, -0.05) is 6.07 Å². The number of pyridine rings is 1. The summed E-state index contributed by atoms with van der Waals surface area (Å²) in [5.41, 5.74) is 0.890. The molecule has 0 bridgehead atoms. The molecule has 0 unspecified atom stereocenters. The summed E-state index contributed by atoms with van der Waals surface area (Å²) in [4.78, 5) is 14.6. The van der Waals surface area contributed by atoms with Crippen LogP contribution >= 0.6 is 0 Å². The Morgan fingerprint density at radius 1 is 1.35 bits per heavy atom. The molecular formula is C13H11N5O2. The third-order valence-corrected chi connectivity index (χ3v) is 2.58. The molecule has 1 heterocycles.